The second-order valence-electron chi connectivity index (χ2n) is 7.30. The molecular formula is C21H26N6O2. The number of aryl methyl sites for hydroxylation is 1. The Morgan fingerprint density at radius 1 is 1.17 bits per heavy atom. The van der Waals surface area contributed by atoms with Gasteiger partial charge in [-0.25, -0.2) is 9.48 Å². The number of benzene rings is 1. The van der Waals surface area contributed by atoms with Gasteiger partial charge >= 0.3 is 6.03 Å². The van der Waals surface area contributed by atoms with Crippen LogP contribution in [-0.2, 0) is 13.0 Å². The van der Waals surface area contributed by atoms with E-state index in [0.29, 0.717) is 19.6 Å². The molecule has 0 spiro atoms. The summed E-state index contributed by atoms with van der Waals surface area (Å²) in [7, 11) is 0. The smallest absolute Gasteiger partial charge is 0.317 e. The molecule has 4 rings (SSSR count). The average molecular weight is 394 g/mol. The Morgan fingerprint density at radius 3 is 2.69 bits per heavy atom. The van der Waals surface area contributed by atoms with Crippen molar-refractivity contribution in [2.45, 2.75) is 19.9 Å². The van der Waals surface area contributed by atoms with E-state index in [1.165, 1.54) is 0 Å². The highest BCUT2D eigenvalue weighted by molar-refractivity contribution is 5.74. The van der Waals surface area contributed by atoms with Crippen LogP contribution in [0.1, 0.15) is 17.0 Å². The normalized spacial score (nSPS) is 14.9. The SMILES string of the molecule is Cc1cc(CN2CCN(C(=O)NCCc3cnn(-c4ccccc4)c3)CC2)no1. The minimum atomic E-state index is -0.00242. The Hall–Kier alpha value is -3.13. The minimum Gasteiger partial charge on any atom is -0.361 e. The molecule has 8 nitrogen and oxygen atoms in total. The molecule has 0 saturated carbocycles. The second-order valence-corrected chi connectivity index (χ2v) is 7.30. The first-order valence-electron chi connectivity index (χ1n) is 9.94. The van der Waals surface area contributed by atoms with E-state index in [1.54, 1.807) is 0 Å². The standard InChI is InChI=1S/C21H26N6O2/c1-17-13-19(24-29-17)16-25-9-11-26(12-10-25)21(28)22-8-7-18-14-23-27(15-18)20-5-3-2-4-6-20/h2-6,13-15H,7-12,16H2,1H3,(H,22,28). The topological polar surface area (TPSA) is 79.4 Å². The van der Waals surface area contributed by atoms with E-state index in [9.17, 15) is 4.79 Å². The quantitative estimate of drug-likeness (QED) is 0.694. The third-order valence-electron chi connectivity index (χ3n) is 5.07. The molecule has 0 unspecified atom stereocenters. The van der Waals surface area contributed by atoms with Crippen molar-refractivity contribution < 1.29 is 9.32 Å². The molecule has 1 fully saturated rings. The zero-order valence-electron chi connectivity index (χ0n) is 16.6. The molecule has 2 amide bonds. The number of piperazine rings is 1. The molecule has 1 aliphatic heterocycles. The molecule has 1 aliphatic rings. The first-order chi connectivity index (χ1) is 14.2. The van der Waals surface area contributed by atoms with E-state index in [1.807, 2.05) is 65.3 Å². The largest absolute Gasteiger partial charge is 0.361 e. The van der Waals surface area contributed by atoms with E-state index in [0.717, 1.165) is 48.8 Å². The first-order valence-corrected chi connectivity index (χ1v) is 9.94. The van der Waals surface area contributed by atoms with Crippen LogP contribution in [0.4, 0.5) is 4.79 Å². The summed E-state index contributed by atoms with van der Waals surface area (Å²) in [5.41, 5.74) is 3.07. The molecular weight excluding hydrogens is 368 g/mol. The van der Waals surface area contributed by atoms with Gasteiger partial charge in [-0.05, 0) is 31.0 Å². The number of amides is 2. The maximum atomic E-state index is 12.4. The van der Waals surface area contributed by atoms with Gasteiger partial charge in [-0.1, -0.05) is 23.4 Å². The predicted octanol–water partition coefficient (Wildman–Crippen LogP) is 2.24. The molecule has 1 aromatic carbocycles. The van der Waals surface area contributed by atoms with Crippen molar-refractivity contribution in [3.05, 3.63) is 65.8 Å². The number of nitrogens with one attached hydrogen (secondary N) is 1. The summed E-state index contributed by atoms with van der Waals surface area (Å²) >= 11 is 0. The number of carbonyl (C=O) groups is 1. The fourth-order valence-corrected chi connectivity index (χ4v) is 3.47. The number of hydrogen-bond donors (Lipinski definition) is 1. The van der Waals surface area contributed by atoms with Crippen molar-refractivity contribution in [2.75, 3.05) is 32.7 Å². The molecule has 152 valence electrons. The molecule has 3 aromatic rings. The van der Waals surface area contributed by atoms with E-state index >= 15 is 0 Å². The van der Waals surface area contributed by atoms with E-state index in [4.69, 9.17) is 4.52 Å². The average Bonchev–Trinajstić information content (AvgIpc) is 3.38. The van der Waals surface area contributed by atoms with Gasteiger partial charge in [0.05, 0.1) is 17.6 Å². The number of carbonyl (C=O) groups excluding carboxylic acids is 1. The summed E-state index contributed by atoms with van der Waals surface area (Å²) in [5, 5.41) is 11.5. The van der Waals surface area contributed by atoms with Crippen LogP contribution >= 0.6 is 0 Å². The van der Waals surface area contributed by atoms with E-state index in [2.05, 4.69) is 20.5 Å². The summed E-state index contributed by atoms with van der Waals surface area (Å²) in [5.74, 6) is 0.826. The fourth-order valence-electron chi connectivity index (χ4n) is 3.47. The number of hydrogen-bond acceptors (Lipinski definition) is 5. The van der Waals surface area contributed by atoms with Crippen LogP contribution in [0.5, 0.6) is 0 Å². The maximum Gasteiger partial charge on any atom is 0.317 e. The summed E-state index contributed by atoms with van der Waals surface area (Å²) < 4.78 is 6.97. The van der Waals surface area contributed by atoms with E-state index in [-0.39, 0.29) is 6.03 Å². The van der Waals surface area contributed by atoms with Gasteiger partial charge in [-0.15, -0.1) is 0 Å². The minimum absolute atomic E-state index is 0.00242. The maximum absolute atomic E-state index is 12.4. The van der Waals surface area contributed by atoms with Gasteiger partial charge in [0.25, 0.3) is 0 Å². The van der Waals surface area contributed by atoms with Crippen molar-refractivity contribution in [2.24, 2.45) is 0 Å². The van der Waals surface area contributed by atoms with Gasteiger partial charge < -0.3 is 14.7 Å². The Morgan fingerprint density at radius 2 is 1.97 bits per heavy atom. The Bertz CT molecular complexity index is 928. The predicted molar refractivity (Wildman–Crippen MR) is 109 cm³/mol. The van der Waals surface area contributed by atoms with Crippen molar-refractivity contribution in [1.29, 1.82) is 0 Å². The van der Waals surface area contributed by atoms with Crippen molar-refractivity contribution >= 4 is 6.03 Å². The summed E-state index contributed by atoms with van der Waals surface area (Å²) in [6, 6.07) is 12.0. The van der Waals surface area contributed by atoms with Crippen LogP contribution in [0.15, 0.2) is 53.3 Å². The van der Waals surface area contributed by atoms with Crippen LogP contribution in [0.2, 0.25) is 0 Å². The summed E-state index contributed by atoms with van der Waals surface area (Å²) in [6.45, 7) is 6.36. The molecule has 0 radical (unpaired) electrons. The molecule has 0 bridgehead atoms. The molecule has 0 atom stereocenters. The van der Waals surface area contributed by atoms with Crippen molar-refractivity contribution in [3.63, 3.8) is 0 Å². The highest BCUT2D eigenvalue weighted by Crippen LogP contribution is 2.10. The van der Waals surface area contributed by atoms with Crippen molar-refractivity contribution in [1.82, 2.24) is 30.1 Å². The molecule has 2 aromatic heterocycles. The monoisotopic (exact) mass is 394 g/mol. The number of para-hydroxylation sites is 1. The molecule has 1 N–H and O–H groups in total. The van der Waals surface area contributed by atoms with Gasteiger partial charge in [0.1, 0.15) is 5.76 Å². The van der Waals surface area contributed by atoms with Gasteiger partial charge in [0.2, 0.25) is 0 Å². The Balaban J connectivity index is 1.18. The highest BCUT2D eigenvalue weighted by Gasteiger charge is 2.21. The molecule has 8 heteroatoms. The first kappa shape index (κ1) is 19.2. The number of aromatic nitrogens is 3. The van der Waals surface area contributed by atoms with Crippen LogP contribution in [0.3, 0.4) is 0 Å². The lowest BCUT2D eigenvalue weighted by atomic mass is 10.2. The third kappa shape index (κ3) is 5.03. The third-order valence-corrected chi connectivity index (χ3v) is 5.07. The summed E-state index contributed by atoms with van der Waals surface area (Å²) in [6.07, 6.45) is 4.61. The fraction of sp³-hybridized carbons (Fsp3) is 0.381. The zero-order valence-corrected chi connectivity index (χ0v) is 16.6. The van der Waals surface area contributed by atoms with Crippen LogP contribution in [0.25, 0.3) is 5.69 Å². The number of nitrogens with zero attached hydrogens (tertiary/aromatic N) is 5. The van der Waals surface area contributed by atoms with Crippen molar-refractivity contribution in [3.8, 4) is 5.69 Å². The molecule has 3 heterocycles. The van der Waals surface area contributed by atoms with Crippen LogP contribution in [-0.4, -0.2) is 63.5 Å². The number of rotatable bonds is 6. The highest BCUT2D eigenvalue weighted by atomic mass is 16.5. The lowest BCUT2D eigenvalue weighted by Gasteiger charge is -2.34. The van der Waals surface area contributed by atoms with Crippen LogP contribution in [0, 0.1) is 6.92 Å². The van der Waals surface area contributed by atoms with Gasteiger partial charge in [0.15, 0.2) is 0 Å². The van der Waals surface area contributed by atoms with Gasteiger partial charge in [-0.2, -0.15) is 5.10 Å². The molecule has 1 saturated heterocycles. The molecule has 29 heavy (non-hydrogen) atoms. The van der Waals surface area contributed by atoms with Gasteiger partial charge in [0, 0.05) is 51.5 Å². The van der Waals surface area contributed by atoms with Gasteiger partial charge in [-0.3, -0.25) is 4.90 Å². The zero-order chi connectivity index (χ0) is 20.1. The lowest BCUT2D eigenvalue weighted by molar-refractivity contribution is 0.133. The number of urea groups is 1. The molecule has 0 aliphatic carbocycles. The Kier molecular flexibility index (Phi) is 5.90. The summed E-state index contributed by atoms with van der Waals surface area (Å²) in [4.78, 5) is 16.6. The lowest BCUT2D eigenvalue weighted by Crippen LogP contribution is -2.51. The second kappa shape index (κ2) is 8.91. The Labute approximate surface area is 170 Å². The van der Waals surface area contributed by atoms with E-state index < -0.39 is 0 Å². The van der Waals surface area contributed by atoms with Crippen LogP contribution < -0.4 is 5.32 Å².